The SMILES string of the molecule is N#Cc1c(Cl)cccc1N1CCC(Nc2ncccn2)C1. The van der Waals surface area contributed by atoms with Crippen molar-refractivity contribution in [1.29, 1.82) is 5.26 Å². The largest absolute Gasteiger partial charge is 0.368 e. The molecule has 1 aliphatic heterocycles. The molecule has 21 heavy (non-hydrogen) atoms. The number of halogens is 1. The van der Waals surface area contributed by atoms with E-state index in [1.807, 2.05) is 12.1 Å². The highest BCUT2D eigenvalue weighted by Gasteiger charge is 2.25. The summed E-state index contributed by atoms with van der Waals surface area (Å²) in [4.78, 5) is 10.5. The third-order valence-corrected chi connectivity index (χ3v) is 3.85. The Labute approximate surface area is 128 Å². The Hall–Kier alpha value is -2.32. The minimum Gasteiger partial charge on any atom is -0.368 e. The van der Waals surface area contributed by atoms with E-state index in [1.165, 1.54) is 0 Å². The molecule has 0 bridgehead atoms. The van der Waals surface area contributed by atoms with Crippen LogP contribution in [0.1, 0.15) is 12.0 Å². The van der Waals surface area contributed by atoms with Crippen molar-refractivity contribution in [2.24, 2.45) is 0 Å². The molecule has 1 atom stereocenters. The summed E-state index contributed by atoms with van der Waals surface area (Å²) in [7, 11) is 0. The Bertz CT molecular complexity index is 668. The Balaban J connectivity index is 1.73. The van der Waals surface area contributed by atoms with Gasteiger partial charge in [0.2, 0.25) is 5.95 Å². The molecule has 1 aromatic carbocycles. The monoisotopic (exact) mass is 299 g/mol. The fourth-order valence-corrected chi connectivity index (χ4v) is 2.75. The minimum absolute atomic E-state index is 0.262. The molecular formula is C15H14ClN5. The maximum Gasteiger partial charge on any atom is 0.222 e. The standard InChI is InChI=1S/C15H14ClN5/c16-13-3-1-4-14(12(13)9-17)21-8-5-11(10-21)20-15-18-6-2-7-19-15/h1-4,6-7,11H,5,8,10H2,(H,18,19,20). The Morgan fingerprint density at radius 2 is 2.10 bits per heavy atom. The van der Waals surface area contributed by atoms with Crippen molar-refractivity contribution < 1.29 is 0 Å². The van der Waals surface area contributed by atoms with Gasteiger partial charge in [0.15, 0.2) is 0 Å². The molecule has 1 N–H and O–H groups in total. The van der Waals surface area contributed by atoms with Crippen molar-refractivity contribution >= 4 is 23.2 Å². The first-order chi connectivity index (χ1) is 10.3. The molecule has 3 rings (SSSR count). The predicted octanol–water partition coefficient (Wildman–Crippen LogP) is 2.69. The molecule has 1 fully saturated rings. The number of nitrogens with one attached hydrogen (secondary N) is 1. The van der Waals surface area contributed by atoms with E-state index >= 15 is 0 Å². The summed E-state index contributed by atoms with van der Waals surface area (Å²) in [6.45, 7) is 1.67. The summed E-state index contributed by atoms with van der Waals surface area (Å²) in [6, 6.07) is 9.79. The molecule has 0 aliphatic carbocycles. The van der Waals surface area contributed by atoms with Crippen LogP contribution in [0, 0.1) is 11.3 Å². The van der Waals surface area contributed by atoms with E-state index in [0.29, 0.717) is 16.5 Å². The first kappa shape index (κ1) is 13.7. The van der Waals surface area contributed by atoms with Crippen molar-refractivity contribution in [3.63, 3.8) is 0 Å². The van der Waals surface area contributed by atoms with Crippen molar-refractivity contribution in [2.45, 2.75) is 12.5 Å². The van der Waals surface area contributed by atoms with E-state index < -0.39 is 0 Å². The molecular weight excluding hydrogens is 286 g/mol. The summed E-state index contributed by atoms with van der Waals surface area (Å²) >= 11 is 6.09. The van der Waals surface area contributed by atoms with E-state index in [-0.39, 0.29) is 6.04 Å². The quantitative estimate of drug-likeness (QED) is 0.944. The van der Waals surface area contributed by atoms with Crippen LogP contribution in [0.25, 0.3) is 0 Å². The van der Waals surface area contributed by atoms with Crippen LogP contribution in [-0.2, 0) is 0 Å². The second-order valence-electron chi connectivity index (χ2n) is 4.89. The zero-order chi connectivity index (χ0) is 14.7. The highest BCUT2D eigenvalue weighted by Crippen LogP contribution is 2.29. The molecule has 106 valence electrons. The van der Waals surface area contributed by atoms with Crippen LogP contribution in [0.2, 0.25) is 5.02 Å². The summed E-state index contributed by atoms with van der Waals surface area (Å²) in [6.07, 6.45) is 4.40. The molecule has 1 aliphatic rings. The third-order valence-electron chi connectivity index (χ3n) is 3.53. The molecule has 0 saturated carbocycles. The van der Waals surface area contributed by atoms with Crippen molar-refractivity contribution in [1.82, 2.24) is 9.97 Å². The third kappa shape index (κ3) is 2.91. The molecule has 1 aromatic heterocycles. The molecule has 1 unspecified atom stereocenters. The first-order valence-electron chi connectivity index (χ1n) is 6.75. The Kier molecular flexibility index (Phi) is 3.89. The molecule has 0 spiro atoms. The molecule has 2 aromatic rings. The van der Waals surface area contributed by atoms with Gasteiger partial charge >= 0.3 is 0 Å². The van der Waals surface area contributed by atoms with Gasteiger partial charge in [-0.05, 0) is 24.6 Å². The number of hydrogen-bond donors (Lipinski definition) is 1. The fraction of sp³-hybridized carbons (Fsp3) is 0.267. The van der Waals surface area contributed by atoms with Gasteiger partial charge < -0.3 is 10.2 Å². The van der Waals surface area contributed by atoms with Crippen molar-refractivity contribution in [3.05, 3.63) is 47.2 Å². The average molecular weight is 300 g/mol. The lowest BCUT2D eigenvalue weighted by Crippen LogP contribution is -2.27. The van der Waals surface area contributed by atoms with Gasteiger partial charge in [0.1, 0.15) is 6.07 Å². The summed E-state index contributed by atoms with van der Waals surface area (Å²) in [5.41, 5.74) is 1.43. The van der Waals surface area contributed by atoms with E-state index in [4.69, 9.17) is 11.6 Å². The van der Waals surface area contributed by atoms with Gasteiger partial charge in [-0.25, -0.2) is 9.97 Å². The molecule has 6 heteroatoms. The first-order valence-corrected chi connectivity index (χ1v) is 7.13. The molecule has 1 saturated heterocycles. The van der Waals surface area contributed by atoms with E-state index in [2.05, 4.69) is 26.3 Å². The number of nitriles is 1. The van der Waals surface area contributed by atoms with Crippen molar-refractivity contribution in [2.75, 3.05) is 23.3 Å². The summed E-state index contributed by atoms with van der Waals surface area (Å²) < 4.78 is 0. The lowest BCUT2D eigenvalue weighted by molar-refractivity contribution is 0.792. The highest BCUT2D eigenvalue weighted by atomic mass is 35.5. The normalized spacial score (nSPS) is 17.5. The molecule has 2 heterocycles. The van der Waals surface area contributed by atoms with Gasteiger partial charge in [-0.3, -0.25) is 0 Å². The van der Waals surface area contributed by atoms with Gasteiger partial charge in [0, 0.05) is 31.5 Å². The number of rotatable bonds is 3. The fourth-order valence-electron chi connectivity index (χ4n) is 2.54. The zero-order valence-corrected chi connectivity index (χ0v) is 12.1. The minimum atomic E-state index is 0.262. The number of hydrogen-bond acceptors (Lipinski definition) is 5. The number of aromatic nitrogens is 2. The number of benzene rings is 1. The van der Waals surface area contributed by atoms with Crippen LogP contribution in [0.15, 0.2) is 36.7 Å². The van der Waals surface area contributed by atoms with Crippen LogP contribution in [-0.4, -0.2) is 29.1 Å². The van der Waals surface area contributed by atoms with E-state index in [0.717, 1.165) is 25.2 Å². The lowest BCUT2D eigenvalue weighted by Gasteiger charge is -2.20. The van der Waals surface area contributed by atoms with Crippen LogP contribution in [0.4, 0.5) is 11.6 Å². The topological polar surface area (TPSA) is 64.8 Å². The van der Waals surface area contributed by atoms with Gasteiger partial charge in [-0.15, -0.1) is 0 Å². The van der Waals surface area contributed by atoms with Gasteiger partial charge in [0.25, 0.3) is 0 Å². The molecule has 0 amide bonds. The van der Waals surface area contributed by atoms with Crippen LogP contribution in [0.3, 0.4) is 0 Å². The van der Waals surface area contributed by atoms with Crippen LogP contribution in [0.5, 0.6) is 0 Å². The summed E-state index contributed by atoms with van der Waals surface area (Å²) in [5.74, 6) is 0.635. The second-order valence-corrected chi connectivity index (χ2v) is 5.30. The summed E-state index contributed by atoms with van der Waals surface area (Å²) in [5, 5.41) is 13.1. The van der Waals surface area contributed by atoms with E-state index in [9.17, 15) is 5.26 Å². The molecule has 0 radical (unpaired) electrons. The maximum absolute atomic E-state index is 9.26. The maximum atomic E-state index is 9.26. The smallest absolute Gasteiger partial charge is 0.222 e. The van der Waals surface area contributed by atoms with Gasteiger partial charge in [-0.1, -0.05) is 17.7 Å². The predicted molar refractivity (Wildman–Crippen MR) is 82.4 cm³/mol. The van der Waals surface area contributed by atoms with Crippen LogP contribution >= 0.6 is 11.6 Å². The Morgan fingerprint density at radius 3 is 2.86 bits per heavy atom. The number of nitrogens with zero attached hydrogens (tertiary/aromatic N) is 4. The lowest BCUT2D eigenvalue weighted by atomic mass is 10.2. The van der Waals surface area contributed by atoms with Crippen LogP contribution < -0.4 is 10.2 Å². The zero-order valence-electron chi connectivity index (χ0n) is 11.3. The van der Waals surface area contributed by atoms with Gasteiger partial charge in [0.05, 0.1) is 16.3 Å². The van der Waals surface area contributed by atoms with E-state index in [1.54, 1.807) is 24.5 Å². The highest BCUT2D eigenvalue weighted by molar-refractivity contribution is 6.32. The average Bonchev–Trinajstić information content (AvgIpc) is 2.96. The van der Waals surface area contributed by atoms with Gasteiger partial charge in [-0.2, -0.15) is 5.26 Å². The number of anilines is 2. The molecule has 5 nitrogen and oxygen atoms in total. The van der Waals surface area contributed by atoms with Crippen molar-refractivity contribution in [3.8, 4) is 6.07 Å². The Morgan fingerprint density at radius 1 is 1.29 bits per heavy atom. The second kappa shape index (κ2) is 5.98.